The molecule has 0 radical (unpaired) electrons. The summed E-state index contributed by atoms with van der Waals surface area (Å²) >= 11 is 0. The number of carbonyl (C=O) groups is 1. The average Bonchev–Trinajstić information content (AvgIpc) is 1.36. The zero-order valence-electron chi connectivity index (χ0n) is 53.0. The van der Waals surface area contributed by atoms with Crippen LogP contribution in [0.25, 0.3) is 21.8 Å². The first-order chi connectivity index (χ1) is 46.4. The Morgan fingerprint density at radius 3 is 1.18 bits per heavy atom. The normalized spacial score (nSPS) is 20.3. The maximum absolute atomic E-state index is 14.4. The van der Waals surface area contributed by atoms with Crippen LogP contribution < -0.4 is 19.6 Å². The third-order valence-corrected chi connectivity index (χ3v) is 19.1. The molecule has 2 aliphatic heterocycles. The van der Waals surface area contributed by atoms with Gasteiger partial charge in [0.15, 0.2) is 23.3 Å². The van der Waals surface area contributed by atoms with Crippen LogP contribution in [0.3, 0.4) is 0 Å². The molecule has 0 bridgehead atoms. The van der Waals surface area contributed by atoms with Crippen LogP contribution in [0, 0.1) is 46.9 Å². The van der Waals surface area contributed by atoms with Crippen molar-refractivity contribution in [3.05, 3.63) is 141 Å². The summed E-state index contributed by atoms with van der Waals surface area (Å²) in [6, 6.07) is 10.1. The molecule has 4 aliphatic rings. The number of anilines is 4. The number of aldehydes is 1. The molecule has 2 saturated carbocycles. The summed E-state index contributed by atoms with van der Waals surface area (Å²) in [4.78, 5) is 29.9. The van der Waals surface area contributed by atoms with E-state index in [0.717, 1.165) is 124 Å². The summed E-state index contributed by atoms with van der Waals surface area (Å²) in [5, 5.41) is 33.9. The lowest BCUT2D eigenvalue weighted by Gasteiger charge is -2.38. The third kappa shape index (κ3) is 16.5. The SMILES string of the molecule is Cn1nnc(N(Cc2cc(C(F)(F)F)cc(C(F)(F)F)c2)Cc2cc3cc(F)c(F)cc3nc2N2CCC[C@@H]2C2CCC(CC=O)CC2)n1.Cn1nnc(N(Cc2cc(C(F)(F)F)cc(C(F)(F)F)c2)Cc2cc3cc(F)c(F)cc3nc2N2CCC[C@@H]2C2CCC(CCO)CC2)n1. The summed E-state index contributed by atoms with van der Waals surface area (Å²) in [5.74, 6) is -2.20. The number of fused-ring (bicyclic) bond motifs is 2. The van der Waals surface area contributed by atoms with Gasteiger partial charge in [-0.15, -0.1) is 10.2 Å². The van der Waals surface area contributed by atoms with Crippen molar-refractivity contribution >= 4 is 51.6 Å². The number of pyridine rings is 2. The van der Waals surface area contributed by atoms with Gasteiger partial charge in [0.2, 0.25) is 0 Å². The second-order valence-corrected chi connectivity index (χ2v) is 25.8. The topological polar surface area (TPSA) is 163 Å². The molecule has 98 heavy (non-hydrogen) atoms. The van der Waals surface area contributed by atoms with Gasteiger partial charge in [0.1, 0.15) is 17.9 Å². The minimum atomic E-state index is -5.04. The van der Waals surface area contributed by atoms with Crippen molar-refractivity contribution in [3.63, 3.8) is 0 Å². The van der Waals surface area contributed by atoms with Gasteiger partial charge >= 0.3 is 24.7 Å². The average molecular weight is 1390 g/mol. The Balaban J connectivity index is 0.000000198. The monoisotopic (exact) mass is 1390 g/mol. The lowest BCUT2D eigenvalue weighted by Crippen LogP contribution is -2.39. The first-order valence-electron chi connectivity index (χ1n) is 32.1. The van der Waals surface area contributed by atoms with Crippen molar-refractivity contribution in [1.82, 2.24) is 50.4 Å². The molecule has 8 aromatic rings. The Bertz CT molecular complexity index is 4060. The first-order valence-corrected chi connectivity index (χ1v) is 32.1. The maximum atomic E-state index is 14.4. The molecule has 526 valence electrons. The number of rotatable bonds is 18. The molecule has 6 heterocycles. The zero-order chi connectivity index (χ0) is 70.2. The Labute approximate surface area is 551 Å². The number of halogens is 16. The minimum Gasteiger partial charge on any atom is -0.396 e. The van der Waals surface area contributed by atoms with Gasteiger partial charge in [0.25, 0.3) is 11.9 Å². The van der Waals surface area contributed by atoms with Crippen molar-refractivity contribution in [2.75, 3.05) is 39.3 Å². The number of carbonyl (C=O) groups excluding carboxylic acids is 1. The van der Waals surface area contributed by atoms with Crippen LogP contribution in [0.5, 0.6) is 0 Å². The molecular weight excluding hydrogens is 1320 g/mol. The van der Waals surface area contributed by atoms with Crippen LogP contribution in [0.2, 0.25) is 0 Å². The summed E-state index contributed by atoms with van der Waals surface area (Å²) < 4.78 is 222. The van der Waals surface area contributed by atoms with E-state index in [1.807, 2.05) is 0 Å². The van der Waals surface area contributed by atoms with E-state index in [1.165, 1.54) is 23.9 Å². The lowest BCUT2D eigenvalue weighted by atomic mass is 9.77. The number of aliphatic hydroxyl groups is 1. The molecule has 4 aromatic heterocycles. The van der Waals surface area contributed by atoms with Gasteiger partial charge in [-0.3, -0.25) is 0 Å². The molecule has 12 rings (SSSR count). The number of hydrogen-bond acceptors (Lipinski definition) is 14. The number of tetrazole rings is 2. The van der Waals surface area contributed by atoms with E-state index in [0.29, 0.717) is 84.3 Å². The highest BCUT2D eigenvalue weighted by Crippen LogP contribution is 2.45. The van der Waals surface area contributed by atoms with E-state index in [4.69, 9.17) is 9.97 Å². The molecule has 0 spiro atoms. The predicted octanol–water partition coefficient (Wildman–Crippen LogP) is 15.1. The van der Waals surface area contributed by atoms with Crippen LogP contribution in [-0.2, 0) is 69.8 Å². The molecular formula is C66H68F16N14O2. The Morgan fingerprint density at radius 1 is 0.480 bits per heavy atom. The predicted molar refractivity (Wildman–Crippen MR) is 328 cm³/mol. The largest absolute Gasteiger partial charge is 0.416 e. The van der Waals surface area contributed by atoms with E-state index in [9.17, 15) is 80.1 Å². The van der Waals surface area contributed by atoms with Gasteiger partial charge in [-0.1, -0.05) is 23.0 Å². The highest BCUT2D eigenvalue weighted by atomic mass is 19.4. The second-order valence-electron chi connectivity index (χ2n) is 25.8. The highest BCUT2D eigenvalue weighted by molar-refractivity contribution is 5.83. The van der Waals surface area contributed by atoms with Gasteiger partial charge in [-0.25, -0.2) is 27.5 Å². The second kappa shape index (κ2) is 28.8. The van der Waals surface area contributed by atoms with E-state index in [-0.39, 0.29) is 94.7 Å². The number of aliphatic hydroxyl groups excluding tert-OH is 1. The summed E-state index contributed by atoms with van der Waals surface area (Å²) in [7, 11) is 2.92. The van der Waals surface area contributed by atoms with Crippen LogP contribution in [0.4, 0.5) is 93.8 Å². The summed E-state index contributed by atoms with van der Waals surface area (Å²) in [5.41, 5.74) is -5.09. The van der Waals surface area contributed by atoms with Crippen LogP contribution in [-0.4, -0.2) is 93.6 Å². The molecule has 1 N–H and O–H groups in total. The van der Waals surface area contributed by atoms with Crippen molar-refractivity contribution in [1.29, 1.82) is 0 Å². The lowest BCUT2D eigenvalue weighted by molar-refractivity contribution is -0.144. The molecule has 2 aliphatic carbocycles. The van der Waals surface area contributed by atoms with E-state index in [1.54, 1.807) is 12.1 Å². The Morgan fingerprint density at radius 2 is 0.847 bits per heavy atom. The fourth-order valence-corrected chi connectivity index (χ4v) is 14.5. The van der Waals surface area contributed by atoms with Gasteiger partial charge in [-0.05, 0) is 177 Å². The summed E-state index contributed by atoms with van der Waals surface area (Å²) in [6.45, 7) is 0.108. The number of aryl methyl sites for hydroxylation is 2. The number of nitrogens with zero attached hydrogens (tertiary/aromatic N) is 14. The standard InChI is InChI=1S/C33H35F8N7O.C33H33F8N7O/c2*1-46-44-31(43-45-46)47(17-20-11-24(32(36,37)38)15-25(12-20)33(39,40)41)18-23-13-22-14-26(34)27(35)16-28(22)42-30(23)48-9-2-3-29(48)21-6-4-19(5-7-21)8-10-49/h11-16,19,21,29,49H,2-10,17-18H2,1H3;10-16,19,21,29H,2-9,17-18H2,1H3/t2*19?,21?,29-/m11/s1. The van der Waals surface area contributed by atoms with Gasteiger partial charge < -0.3 is 29.5 Å². The quantitative estimate of drug-likeness (QED) is 0.0637. The molecule has 0 amide bonds. The zero-order valence-corrected chi connectivity index (χ0v) is 53.0. The van der Waals surface area contributed by atoms with E-state index < -0.39 is 83.3 Å². The van der Waals surface area contributed by atoms with E-state index >= 15 is 0 Å². The Hall–Kier alpha value is -8.45. The number of hydrogen-bond donors (Lipinski definition) is 1. The fraction of sp³-hybridized carbons (Fsp3) is 0.500. The van der Waals surface area contributed by atoms with Crippen LogP contribution in [0.15, 0.2) is 72.8 Å². The first kappa shape index (κ1) is 70.9. The molecule has 32 heteroatoms. The van der Waals surface area contributed by atoms with Crippen molar-refractivity contribution in [3.8, 4) is 0 Å². The molecule has 4 aromatic carbocycles. The molecule has 2 saturated heterocycles. The smallest absolute Gasteiger partial charge is 0.396 e. The molecule has 0 unspecified atom stereocenters. The number of aromatic nitrogens is 10. The van der Waals surface area contributed by atoms with Gasteiger partial charge in [-0.2, -0.15) is 62.3 Å². The van der Waals surface area contributed by atoms with Gasteiger partial charge in [0, 0.05) is 98.4 Å². The van der Waals surface area contributed by atoms with Crippen molar-refractivity contribution in [2.24, 2.45) is 37.8 Å². The minimum absolute atomic E-state index is 0.0482. The Kier molecular flexibility index (Phi) is 20.8. The van der Waals surface area contributed by atoms with Crippen LogP contribution >= 0.6 is 0 Å². The fourth-order valence-electron chi connectivity index (χ4n) is 14.5. The van der Waals surface area contributed by atoms with Gasteiger partial charge in [0.05, 0.1) is 47.4 Å². The van der Waals surface area contributed by atoms with Crippen LogP contribution in [0.1, 0.15) is 134 Å². The number of benzene rings is 4. The van der Waals surface area contributed by atoms with Crippen molar-refractivity contribution < 1.29 is 80.1 Å². The summed E-state index contributed by atoms with van der Waals surface area (Å²) in [6.07, 6.45) is -7.13. The molecule has 16 nitrogen and oxygen atoms in total. The maximum Gasteiger partial charge on any atom is 0.416 e. The van der Waals surface area contributed by atoms with E-state index in [2.05, 4.69) is 40.6 Å². The van der Waals surface area contributed by atoms with Crippen molar-refractivity contribution in [2.45, 2.75) is 153 Å². The molecule has 2 atom stereocenters. The molecule has 4 fully saturated rings. The highest BCUT2D eigenvalue weighted by Gasteiger charge is 2.42. The third-order valence-electron chi connectivity index (χ3n) is 19.1. The number of alkyl halides is 12.